The Morgan fingerprint density at radius 3 is 3.12 bits per heavy atom. The third kappa shape index (κ3) is 3.28. The predicted octanol–water partition coefficient (Wildman–Crippen LogP) is 1.40. The Hall–Kier alpha value is -0.910. The number of hydrogen-bond acceptors (Lipinski definition) is 4. The van der Waals surface area contributed by atoms with Gasteiger partial charge in [-0.2, -0.15) is 0 Å². The van der Waals surface area contributed by atoms with Crippen molar-refractivity contribution in [1.82, 2.24) is 5.32 Å². The molecule has 1 aromatic heterocycles. The Bertz CT molecular complexity index is 387. The summed E-state index contributed by atoms with van der Waals surface area (Å²) in [6.07, 6.45) is 1.75. The summed E-state index contributed by atoms with van der Waals surface area (Å²) in [5.41, 5.74) is 0.899. The van der Waals surface area contributed by atoms with Crippen LogP contribution in [0.15, 0.2) is 11.4 Å². The zero-order chi connectivity index (χ0) is 12.3. The summed E-state index contributed by atoms with van der Waals surface area (Å²) >= 11 is 1.40. The lowest BCUT2D eigenvalue weighted by molar-refractivity contribution is 0.0901. The first-order chi connectivity index (χ1) is 8.22. The smallest absolute Gasteiger partial charge is 0.261 e. The van der Waals surface area contributed by atoms with Gasteiger partial charge >= 0.3 is 0 Å². The average Bonchev–Trinajstić information content (AvgIpc) is 3.07. The lowest BCUT2D eigenvalue weighted by Crippen LogP contribution is -2.33. The number of hydrogen-bond donors (Lipinski definition) is 2. The lowest BCUT2D eigenvalue weighted by Gasteiger charge is -2.10. The van der Waals surface area contributed by atoms with Crippen molar-refractivity contribution in [2.75, 3.05) is 13.7 Å². The molecule has 1 atom stereocenters. The predicted molar refractivity (Wildman–Crippen MR) is 66.1 cm³/mol. The number of carbonyl (C=O) groups is 1. The molecule has 0 spiro atoms. The first-order valence-electron chi connectivity index (χ1n) is 5.74. The third-order valence-electron chi connectivity index (χ3n) is 2.89. The summed E-state index contributed by atoms with van der Waals surface area (Å²) in [5.74, 6) is 0.267. The highest BCUT2D eigenvalue weighted by molar-refractivity contribution is 7.12. The maximum absolute atomic E-state index is 11.9. The maximum atomic E-state index is 11.9. The van der Waals surface area contributed by atoms with Crippen LogP contribution in [-0.2, 0) is 11.3 Å². The largest absolute Gasteiger partial charge is 0.391 e. The van der Waals surface area contributed by atoms with Gasteiger partial charge in [0, 0.05) is 19.2 Å². The molecule has 0 saturated heterocycles. The number of aliphatic hydroxyl groups is 1. The molecule has 4 nitrogen and oxygen atoms in total. The van der Waals surface area contributed by atoms with Crippen molar-refractivity contribution < 1.29 is 14.6 Å². The Labute approximate surface area is 105 Å². The molecule has 1 aliphatic carbocycles. The van der Waals surface area contributed by atoms with Gasteiger partial charge in [0.05, 0.1) is 17.6 Å². The number of amides is 1. The van der Waals surface area contributed by atoms with Crippen LogP contribution in [0.3, 0.4) is 0 Å². The molecule has 2 rings (SSSR count). The number of thiophene rings is 1. The van der Waals surface area contributed by atoms with Crippen molar-refractivity contribution in [3.63, 3.8) is 0 Å². The molecule has 1 heterocycles. The van der Waals surface area contributed by atoms with E-state index in [0.717, 1.165) is 18.4 Å². The minimum Gasteiger partial charge on any atom is -0.391 e. The van der Waals surface area contributed by atoms with Crippen molar-refractivity contribution in [1.29, 1.82) is 0 Å². The molecule has 5 heteroatoms. The van der Waals surface area contributed by atoms with Crippen LogP contribution in [0.25, 0.3) is 0 Å². The number of methoxy groups -OCH3 is 1. The fourth-order valence-corrected chi connectivity index (χ4v) is 2.56. The van der Waals surface area contributed by atoms with Gasteiger partial charge in [0.15, 0.2) is 0 Å². The van der Waals surface area contributed by atoms with E-state index < -0.39 is 6.10 Å². The van der Waals surface area contributed by atoms with Gasteiger partial charge in [-0.1, -0.05) is 0 Å². The summed E-state index contributed by atoms with van der Waals surface area (Å²) in [6, 6.07) is 1.89. The first kappa shape index (κ1) is 12.5. The van der Waals surface area contributed by atoms with E-state index >= 15 is 0 Å². The van der Waals surface area contributed by atoms with E-state index in [1.165, 1.54) is 11.3 Å². The van der Waals surface area contributed by atoms with Crippen LogP contribution in [0.5, 0.6) is 0 Å². The van der Waals surface area contributed by atoms with Gasteiger partial charge in [-0.3, -0.25) is 4.79 Å². The highest BCUT2D eigenvalue weighted by Crippen LogP contribution is 2.32. The zero-order valence-corrected chi connectivity index (χ0v) is 10.6. The SMILES string of the molecule is COCc1ccsc1C(=O)NCC(O)C1CC1. The van der Waals surface area contributed by atoms with Crippen LogP contribution in [0.2, 0.25) is 0 Å². The highest BCUT2D eigenvalue weighted by atomic mass is 32.1. The minimum absolute atomic E-state index is 0.119. The molecular formula is C12H17NO3S. The molecular weight excluding hydrogens is 238 g/mol. The molecule has 1 unspecified atom stereocenters. The maximum Gasteiger partial charge on any atom is 0.261 e. The fourth-order valence-electron chi connectivity index (χ4n) is 1.73. The van der Waals surface area contributed by atoms with Crippen molar-refractivity contribution in [3.05, 3.63) is 21.9 Å². The van der Waals surface area contributed by atoms with Gasteiger partial charge < -0.3 is 15.2 Å². The Morgan fingerprint density at radius 2 is 2.47 bits per heavy atom. The third-order valence-corrected chi connectivity index (χ3v) is 3.85. The van der Waals surface area contributed by atoms with Crippen molar-refractivity contribution in [2.24, 2.45) is 5.92 Å². The Balaban J connectivity index is 1.87. The molecule has 0 aromatic carbocycles. The number of aliphatic hydroxyl groups excluding tert-OH is 1. The monoisotopic (exact) mass is 255 g/mol. The normalized spacial score (nSPS) is 16.8. The van der Waals surface area contributed by atoms with E-state index in [0.29, 0.717) is 23.9 Å². The second-order valence-electron chi connectivity index (χ2n) is 4.32. The topological polar surface area (TPSA) is 58.6 Å². The second-order valence-corrected chi connectivity index (χ2v) is 5.24. The Morgan fingerprint density at radius 1 is 1.71 bits per heavy atom. The lowest BCUT2D eigenvalue weighted by atomic mass is 10.2. The van der Waals surface area contributed by atoms with Crippen LogP contribution in [0.1, 0.15) is 28.1 Å². The molecule has 2 N–H and O–H groups in total. The highest BCUT2D eigenvalue weighted by Gasteiger charge is 2.29. The zero-order valence-electron chi connectivity index (χ0n) is 9.81. The molecule has 0 radical (unpaired) electrons. The quantitative estimate of drug-likeness (QED) is 0.807. The van der Waals surface area contributed by atoms with E-state index in [9.17, 15) is 9.90 Å². The average molecular weight is 255 g/mol. The summed E-state index contributed by atoms with van der Waals surface area (Å²) in [6.45, 7) is 0.783. The van der Waals surface area contributed by atoms with E-state index in [-0.39, 0.29) is 5.91 Å². The molecule has 1 saturated carbocycles. The van der Waals surface area contributed by atoms with Crippen LogP contribution >= 0.6 is 11.3 Å². The molecule has 94 valence electrons. The van der Waals surface area contributed by atoms with Crippen molar-refractivity contribution in [3.8, 4) is 0 Å². The molecule has 1 amide bonds. The number of ether oxygens (including phenoxy) is 1. The summed E-state index contributed by atoms with van der Waals surface area (Å²) in [4.78, 5) is 12.6. The molecule has 17 heavy (non-hydrogen) atoms. The van der Waals surface area contributed by atoms with Crippen LogP contribution in [0.4, 0.5) is 0 Å². The van der Waals surface area contributed by atoms with E-state index in [2.05, 4.69) is 5.32 Å². The number of rotatable bonds is 6. The molecule has 0 bridgehead atoms. The van der Waals surface area contributed by atoms with Crippen LogP contribution < -0.4 is 5.32 Å². The summed E-state index contributed by atoms with van der Waals surface area (Å²) in [7, 11) is 1.61. The van der Waals surface area contributed by atoms with Crippen LogP contribution in [0, 0.1) is 5.92 Å². The number of nitrogens with one attached hydrogen (secondary N) is 1. The fraction of sp³-hybridized carbons (Fsp3) is 0.583. The first-order valence-corrected chi connectivity index (χ1v) is 6.62. The molecule has 1 aromatic rings. The van der Waals surface area contributed by atoms with Gasteiger partial charge in [0.25, 0.3) is 5.91 Å². The Kier molecular flexibility index (Phi) is 4.15. The van der Waals surface area contributed by atoms with Gasteiger partial charge in [0.2, 0.25) is 0 Å². The van der Waals surface area contributed by atoms with Crippen molar-refractivity contribution in [2.45, 2.75) is 25.6 Å². The van der Waals surface area contributed by atoms with Crippen LogP contribution in [-0.4, -0.2) is 30.8 Å². The molecule has 0 aliphatic heterocycles. The van der Waals surface area contributed by atoms with E-state index in [1.807, 2.05) is 11.4 Å². The van der Waals surface area contributed by atoms with E-state index in [1.54, 1.807) is 7.11 Å². The van der Waals surface area contributed by atoms with Crippen molar-refractivity contribution >= 4 is 17.2 Å². The second kappa shape index (κ2) is 5.62. The van der Waals surface area contributed by atoms with E-state index in [4.69, 9.17) is 4.74 Å². The minimum atomic E-state index is -0.398. The summed E-state index contributed by atoms with van der Waals surface area (Å²) in [5, 5.41) is 14.3. The molecule has 1 fully saturated rings. The van der Waals surface area contributed by atoms with Gasteiger partial charge in [-0.15, -0.1) is 11.3 Å². The number of carbonyl (C=O) groups excluding carboxylic acids is 1. The van der Waals surface area contributed by atoms with Gasteiger partial charge in [-0.05, 0) is 30.2 Å². The standard InChI is InChI=1S/C12H17NO3S/c1-16-7-9-4-5-17-11(9)12(15)13-6-10(14)8-2-3-8/h4-5,8,10,14H,2-3,6-7H2,1H3,(H,13,15). The van der Waals surface area contributed by atoms with Gasteiger partial charge in [0.1, 0.15) is 0 Å². The molecule has 1 aliphatic rings. The summed E-state index contributed by atoms with van der Waals surface area (Å²) < 4.78 is 5.03. The van der Waals surface area contributed by atoms with Gasteiger partial charge in [-0.25, -0.2) is 0 Å².